The molecule has 3 saturated carbocycles. The molecular weight excluding hydrogens is 392 g/mol. The molecule has 0 radical (unpaired) electrons. The molecule has 1 N–H and O–H groups in total. The summed E-state index contributed by atoms with van der Waals surface area (Å²) in [7, 11) is 0. The topological polar surface area (TPSA) is 84.6 Å². The molecule has 0 aliphatic heterocycles. The Kier molecular flexibility index (Phi) is 4.08. The predicted octanol–water partition coefficient (Wildman–Crippen LogP) is 4.11. The molecule has 0 bridgehead atoms. The molecular formula is C26H32O5. The third-order valence-corrected chi connectivity index (χ3v) is 9.94. The summed E-state index contributed by atoms with van der Waals surface area (Å²) in [4.78, 5) is 40.0. The lowest BCUT2D eigenvalue weighted by Crippen LogP contribution is -2.70. The van der Waals surface area contributed by atoms with Crippen molar-refractivity contribution >= 4 is 17.3 Å². The predicted molar refractivity (Wildman–Crippen MR) is 114 cm³/mol. The lowest BCUT2D eigenvalue weighted by molar-refractivity contribution is -0.206. The van der Waals surface area contributed by atoms with Crippen molar-refractivity contribution in [2.24, 2.45) is 39.4 Å². The quantitative estimate of drug-likeness (QED) is 0.733. The van der Waals surface area contributed by atoms with E-state index < -0.39 is 34.2 Å². The summed E-state index contributed by atoms with van der Waals surface area (Å²) in [6.45, 7) is 9.80. The minimum Gasteiger partial charge on any atom is -0.472 e. The highest BCUT2D eigenvalue weighted by atomic mass is 16.3. The van der Waals surface area contributed by atoms with Gasteiger partial charge in [0.05, 0.1) is 12.5 Å². The van der Waals surface area contributed by atoms with Crippen LogP contribution in [0.25, 0.3) is 0 Å². The first-order valence-corrected chi connectivity index (χ1v) is 11.4. The van der Waals surface area contributed by atoms with Gasteiger partial charge in [-0.15, -0.1) is 0 Å². The molecule has 5 heteroatoms. The maximum atomic E-state index is 13.7. The largest absolute Gasteiger partial charge is 0.472 e. The highest BCUT2D eigenvalue weighted by molar-refractivity contribution is 6.03. The van der Waals surface area contributed by atoms with E-state index in [0.29, 0.717) is 6.42 Å². The van der Waals surface area contributed by atoms with Gasteiger partial charge in [0.15, 0.2) is 11.6 Å². The molecule has 1 aromatic rings. The van der Waals surface area contributed by atoms with Crippen molar-refractivity contribution in [2.45, 2.75) is 65.9 Å². The van der Waals surface area contributed by atoms with E-state index in [-0.39, 0.29) is 34.6 Å². The lowest BCUT2D eigenvalue weighted by Gasteiger charge is -2.66. The number of furan rings is 1. The Hall–Kier alpha value is -2.01. The molecule has 4 aliphatic carbocycles. The fourth-order valence-corrected chi connectivity index (χ4v) is 8.70. The Morgan fingerprint density at radius 3 is 2.42 bits per heavy atom. The Morgan fingerprint density at radius 1 is 1.06 bits per heavy atom. The van der Waals surface area contributed by atoms with Gasteiger partial charge in [0.2, 0.25) is 0 Å². The standard InChI is InChI=1S/C26H32O5/c1-23(2)18(28)7-10-25(4)17-6-9-24(3)15(14-8-11-31-13-14)12-16(27)20(24)26(17,5)22(30)19(29)21(23)25/h7-8,10-11,13,15,17,20-22,30H,6,9,12H2,1-5H3/t15-,17+,20+,21-,22+,24-,25+,26+/m0/s1. The zero-order valence-corrected chi connectivity index (χ0v) is 19.0. The number of carbonyl (C=O) groups is 3. The van der Waals surface area contributed by atoms with Crippen molar-refractivity contribution in [3.63, 3.8) is 0 Å². The molecule has 0 saturated heterocycles. The number of allylic oxidation sites excluding steroid dienone is 2. The van der Waals surface area contributed by atoms with Gasteiger partial charge in [-0.2, -0.15) is 0 Å². The monoisotopic (exact) mass is 424 g/mol. The van der Waals surface area contributed by atoms with Crippen LogP contribution in [0.15, 0.2) is 35.2 Å². The number of ketones is 3. The molecule has 1 heterocycles. The van der Waals surface area contributed by atoms with Gasteiger partial charge in [0.25, 0.3) is 0 Å². The third kappa shape index (κ3) is 2.28. The van der Waals surface area contributed by atoms with E-state index >= 15 is 0 Å². The number of aliphatic hydroxyl groups excluding tert-OH is 1. The van der Waals surface area contributed by atoms with Gasteiger partial charge in [-0.05, 0) is 47.8 Å². The molecule has 3 fully saturated rings. The molecule has 0 amide bonds. The van der Waals surface area contributed by atoms with Crippen LogP contribution in [0.4, 0.5) is 0 Å². The van der Waals surface area contributed by atoms with E-state index in [1.54, 1.807) is 18.6 Å². The van der Waals surface area contributed by atoms with E-state index in [1.807, 2.05) is 32.9 Å². The summed E-state index contributed by atoms with van der Waals surface area (Å²) in [6.07, 6.45) is 7.68. The van der Waals surface area contributed by atoms with Gasteiger partial charge < -0.3 is 9.52 Å². The fraction of sp³-hybridized carbons (Fsp3) is 0.654. The molecule has 0 spiro atoms. The number of carbonyl (C=O) groups excluding carboxylic acids is 3. The molecule has 5 rings (SSSR count). The second-order valence-electron chi connectivity index (χ2n) is 11.7. The van der Waals surface area contributed by atoms with Crippen molar-refractivity contribution in [1.29, 1.82) is 0 Å². The first-order valence-electron chi connectivity index (χ1n) is 11.4. The number of hydrogen-bond acceptors (Lipinski definition) is 5. The molecule has 5 nitrogen and oxygen atoms in total. The molecule has 1 aromatic heterocycles. The zero-order valence-electron chi connectivity index (χ0n) is 19.0. The van der Waals surface area contributed by atoms with Gasteiger partial charge in [-0.1, -0.05) is 40.7 Å². The highest BCUT2D eigenvalue weighted by Gasteiger charge is 2.74. The van der Waals surface area contributed by atoms with E-state index in [4.69, 9.17) is 4.42 Å². The smallest absolute Gasteiger partial charge is 0.166 e. The molecule has 0 unspecified atom stereocenters. The number of fused-ring (bicyclic) bond motifs is 5. The minimum atomic E-state index is -1.26. The van der Waals surface area contributed by atoms with Crippen molar-refractivity contribution in [3.05, 3.63) is 36.3 Å². The van der Waals surface area contributed by atoms with E-state index in [1.165, 1.54) is 0 Å². The minimum absolute atomic E-state index is 0.0225. The van der Waals surface area contributed by atoms with Crippen LogP contribution in [0.5, 0.6) is 0 Å². The Morgan fingerprint density at radius 2 is 1.77 bits per heavy atom. The maximum Gasteiger partial charge on any atom is 0.166 e. The highest BCUT2D eigenvalue weighted by Crippen LogP contribution is 2.72. The second-order valence-corrected chi connectivity index (χ2v) is 11.7. The van der Waals surface area contributed by atoms with Gasteiger partial charge in [-0.25, -0.2) is 0 Å². The van der Waals surface area contributed by atoms with Crippen LogP contribution in [0.3, 0.4) is 0 Å². The first-order chi connectivity index (χ1) is 14.4. The SMILES string of the molecule is CC1(C)C(=O)C=C[C@]2(C)[C@H]3CC[C@]4(C)[C@@H](C(=O)C[C@H]4c4ccoc4)[C@]3(C)[C@H](O)C(=O)[C@@H]12. The average molecular weight is 425 g/mol. The van der Waals surface area contributed by atoms with Crippen LogP contribution in [0.1, 0.15) is 65.4 Å². The summed E-state index contributed by atoms with van der Waals surface area (Å²) in [5.74, 6) is -1.27. The molecule has 8 atom stereocenters. The number of hydrogen-bond donors (Lipinski definition) is 1. The van der Waals surface area contributed by atoms with Crippen molar-refractivity contribution in [3.8, 4) is 0 Å². The summed E-state index contributed by atoms with van der Waals surface area (Å²) in [5, 5.41) is 11.5. The van der Waals surface area contributed by atoms with E-state index in [0.717, 1.165) is 18.4 Å². The summed E-state index contributed by atoms with van der Waals surface area (Å²) >= 11 is 0. The van der Waals surface area contributed by atoms with Crippen molar-refractivity contribution in [2.75, 3.05) is 0 Å². The Bertz CT molecular complexity index is 1000. The van der Waals surface area contributed by atoms with E-state index in [9.17, 15) is 19.5 Å². The number of rotatable bonds is 1. The van der Waals surface area contributed by atoms with Crippen LogP contribution in [-0.4, -0.2) is 28.6 Å². The maximum absolute atomic E-state index is 13.7. The molecule has 4 aliphatic rings. The lowest BCUT2D eigenvalue weighted by atomic mass is 9.37. The van der Waals surface area contributed by atoms with Crippen LogP contribution in [0.2, 0.25) is 0 Å². The normalized spacial score (nSPS) is 48.3. The molecule has 31 heavy (non-hydrogen) atoms. The summed E-state index contributed by atoms with van der Waals surface area (Å²) in [6, 6.07) is 1.93. The Labute approximate surface area is 183 Å². The van der Waals surface area contributed by atoms with Gasteiger partial charge in [-0.3, -0.25) is 14.4 Å². The van der Waals surface area contributed by atoms with E-state index in [2.05, 4.69) is 13.8 Å². The van der Waals surface area contributed by atoms with Crippen LogP contribution >= 0.6 is 0 Å². The second kappa shape index (κ2) is 6.06. The summed E-state index contributed by atoms with van der Waals surface area (Å²) < 4.78 is 5.32. The van der Waals surface area contributed by atoms with Crippen LogP contribution in [0, 0.1) is 39.4 Å². The van der Waals surface area contributed by atoms with Gasteiger partial charge >= 0.3 is 0 Å². The van der Waals surface area contributed by atoms with Crippen LogP contribution < -0.4 is 0 Å². The number of Topliss-reactive ketones (excluding diaryl/α,β-unsaturated/α-hetero) is 2. The third-order valence-electron chi connectivity index (χ3n) is 9.94. The Balaban J connectivity index is 1.67. The summed E-state index contributed by atoms with van der Waals surface area (Å²) in [5.41, 5.74) is -1.64. The van der Waals surface area contributed by atoms with Gasteiger partial charge in [0, 0.05) is 34.5 Å². The van der Waals surface area contributed by atoms with Crippen LogP contribution in [-0.2, 0) is 14.4 Å². The number of aliphatic hydroxyl groups is 1. The fourth-order valence-electron chi connectivity index (χ4n) is 8.70. The van der Waals surface area contributed by atoms with Gasteiger partial charge in [0.1, 0.15) is 11.9 Å². The van der Waals surface area contributed by atoms with Crippen molar-refractivity contribution in [1.82, 2.24) is 0 Å². The average Bonchev–Trinajstić information content (AvgIpc) is 3.30. The molecule has 0 aromatic carbocycles. The first kappa shape index (κ1) is 20.9. The zero-order chi connectivity index (χ0) is 22.6. The molecule has 166 valence electrons. The van der Waals surface area contributed by atoms with Crippen molar-refractivity contribution < 1.29 is 23.9 Å².